The van der Waals surface area contributed by atoms with E-state index < -0.39 is 10.8 Å². The second-order valence-corrected chi connectivity index (χ2v) is 5.65. The molecular weight excluding hydrogens is 270 g/mol. The first-order chi connectivity index (χ1) is 8.61. The number of aryl methyl sites for hydroxylation is 1. The molecule has 0 spiro atoms. The van der Waals surface area contributed by atoms with Crippen molar-refractivity contribution >= 4 is 28.1 Å². The van der Waals surface area contributed by atoms with Gasteiger partial charge in [0.15, 0.2) is 0 Å². The van der Waals surface area contributed by atoms with Crippen molar-refractivity contribution in [3.63, 3.8) is 0 Å². The van der Waals surface area contributed by atoms with Gasteiger partial charge in [-0.1, -0.05) is 17.7 Å². The Bertz CT molecular complexity index is 562. The summed E-state index contributed by atoms with van der Waals surface area (Å²) >= 11 is 6.03. The summed E-state index contributed by atoms with van der Waals surface area (Å²) in [6.07, 6.45) is 3.60. The summed E-state index contributed by atoms with van der Waals surface area (Å²) < 4.78 is 14.1. The van der Waals surface area contributed by atoms with Gasteiger partial charge in [-0.15, -0.1) is 0 Å². The van der Waals surface area contributed by atoms with Crippen molar-refractivity contribution in [3.05, 3.63) is 41.2 Å². The number of hydrogen-bond acceptors (Lipinski definition) is 3. The van der Waals surface area contributed by atoms with Crippen molar-refractivity contribution in [1.29, 1.82) is 0 Å². The number of nitrogen functional groups attached to an aromatic ring is 1. The van der Waals surface area contributed by atoms with E-state index in [1.807, 2.05) is 13.1 Å². The lowest BCUT2D eigenvalue weighted by Gasteiger charge is -2.06. The summed E-state index contributed by atoms with van der Waals surface area (Å²) in [6.45, 7) is 2.79. The zero-order valence-corrected chi connectivity index (χ0v) is 11.5. The first-order valence-corrected chi connectivity index (χ1v) is 7.25. The van der Waals surface area contributed by atoms with Crippen LogP contribution in [0.1, 0.15) is 12.5 Å². The highest BCUT2D eigenvalue weighted by Crippen LogP contribution is 2.27. The monoisotopic (exact) mass is 283 g/mol. The van der Waals surface area contributed by atoms with Crippen molar-refractivity contribution in [2.24, 2.45) is 0 Å². The van der Waals surface area contributed by atoms with Crippen LogP contribution in [0.3, 0.4) is 0 Å². The molecule has 2 aromatic rings. The quantitative estimate of drug-likeness (QED) is 0.877. The first kappa shape index (κ1) is 13.1. The predicted molar refractivity (Wildman–Crippen MR) is 73.9 cm³/mol. The maximum atomic E-state index is 12.3. The molecule has 18 heavy (non-hydrogen) atoms. The van der Waals surface area contributed by atoms with Gasteiger partial charge in [-0.25, -0.2) is 0 Å². The van der Waals surface area contributed by atoms with Gasteiger partial charge in [0.25, 0.3) is 0 Å². The van der Waals surface area contributed by atoms with Crippen LogP contribution in [-0.4, -0.2) is 14.0 Å². The Balaban J connectivity index is 2.22. The van der Waals surface area contributed by atoms with E-state index in [4.69, 9.17) is 17.3 Å². The van der Waals surface area contributed by atoms with Gasteiger partial charge in [0.2, 0.25) is 0 Å². The molecule has 1 heterocycles. The lowest BCUT2D eigenvalue weighted by Crippen LogP contribution is -2.01. The Morgan fingerprint density at radius 1 is 1.50 bits per heavy atom. The van der Waals surface area contributed by atoms with Gasteiger partial charge in [-0.3, -0.25) is 8.89 Å². The van der Waals surface area contributed by atoms with Crippen LogP contribution in [0.2, 0.25) is 5.02 Å². The summed E-state index contributed by atoms with van der Waals surface area (Å²) in [4.78, 5) is 0.503. The van der Waals surface area contributed by atoms with Crippen molar-refractivity contribution in [3.8, 4) is 0 Å². The first-order valence-electron chi connectivity index (χ1n) is 5.55. The Morgan fingerprint density at radius 3 is 2.89 bits per heavy atom. The second kappa shape index (κ2) is 5.54. The van der Waals surface area contributed by atoms with Crippen LogP contribution in [0.25, 0.3) is 0 Å². The number of nitrogens with zero attached hydrogens (tertiary/aromatic N) is 2. The number of rotatable bonds is 4. The van der Waals surface area contributed by atoms with Crippen LogP contribution in [0.4, 0.5) is 5.69 Å². The summed E-state index contributed by atoms with van der Waals surface area (Å²) in [5.74, 6) is 0.369. The summed E-state index contributed by atoms with van der Waals surface area (Å²) in [5.41, 5.74) is 7.18. The number of hydrogen-bond donors (Lipinski definition) is 1. The SMILES string of the molecule is CCn1cc(CS(=O)c2c(N)cccc2Cl)cn1. The smallest absolute Gasteiger partial charge is 0.0806 e. The normalized spacial score (nSPS) is 12.6. The molecule has 0 fully saturated rings. The molecule has 96 valence electrons. The van der Waals surface area contributed by atoms with Crippen LogP contribution >= 0.6 is 11.6 Å². The molecule has 0 bridgehead atoms. The number of benzene rings is 1. The van der Waals surface area contributed by atoms with Crippen molar-refractivity contribution in [2.45, 2.75) is 24.1 Å². The van der Waals surface area contributed by atoms with E-state index in [9.17, 15) is 4.21 Å². The molecule has 6 heteroatoms. The molecule has 0 saturated heterocycles. The van der Waals surface area contributed by atoms with Crippen molar-refractivity contribution < 1.29 is 4.21 Å². The highest BCUT2D eigenvalue weighted by Gasteiger charge is 2.13. The van der Waals surface area contributed by atoms with E-state index in [-0.39, 0.29) is 0 Å². The Kier molecular flexibility index (Phi) is 4.04. The average Bonchev–Trinajstić information content (AvgIpc) is 2.76. The molecule has 0 radical (unpaired) electrons. The molecular formula is C12H14ClN3OS. The minimum atomic E-state index is -1.26. The topological polar surface area (TPSA) is 60.9 Å². The van der Waals surface area contributed by atoms with Crippen molar-refractivity contribution in [2.75, 3.05) is 5.73 Å². The number of anilines is 1. The molecule has 4 nitrogen and oxygen atoms in total. The third-order valence-electron chi connectivity index (χ3n) is 2.53. The maximum absolute atomic E-state index is 12.3. The Hall–Kier alpha value is -1.33. The minimum absolute atomic E-state index is 0.369. The molecule has 2 N–H and O–H groups in total. The van der Waals surface area contributed by atoms with Gasteiger partial charge in [-0.2, -0.15) is 5.10 Å². The summed E-state index contributed by atoms with van der Waals surface area (Å²) in [6, 6.07) is 5.14. The van der Waals surface area contributed by atoms with E-state index in [1.54, 1.807) is 29.1 Å². The highest BCUT2D eigenvalue weighted by molar-refractivity contribution is 7.84. The fourth-order valence-corrected chi connectivity index (χ4v) is 3.30. The molecule has 0 saturated carbocycles. The Labute approximate surface area is 113 Å². The zero-order chi connectivity index (χ0) is 13.1. The fraction of sp³-hybridized carbons (Fsp3) is 0.250. The largest absolute Gasteiger partial charge is 0.398 e. The zero-order valence-electron chi connectivity index (χ0n) is 9.97. The number of halogens is 1. The highest BCUT2D eigenvalue weighted by atomic mass is 35.5. The van der Waals surface area contributed by atoms with E-state index >= 15 is 0 Å². The van der Waals surface area contributed by atoms with Crippen LogP contribution < -0.4 is 5.73 Å². The van der Waals surface area contributed by atoms with Crippen LogP contribution in [-0.2, 0) is 23.1 Å². The standard InChI is InChI=1S/C12H14ClN3OS/c1-2-16-7-9(6-15-16)8-18(17)12-10(13)4-3-5-11(12)14/h3-7H,2,8,14H2,1H3. The van der Waals surface area contributed by atoms with Crippen LogP contribution in [0, 0.1) is 0 Å². The number of nitrogens with two attached hydrogens (primary N) is 1. The van der Waals surface area contributed by atoms with Crippen LogP contribution in [0.5, 0.6) is 0 Å². The maximum Gasteiger partial charge on any atom is 0.0806 e. The fourth-order valence-electron chi connectivity index (χ4n) is 1.64. The number of aromatic nitrogens is 2. The molecule has 0 aliphatic rings. The molecule has 0 aliphatic heterocycles. The van der Waals surface area contributed by atoms with Gasteiger partial charge in [0, 0.05) is 24.0 Å². The molecule has 1 aromatic carbocycles. The molecule has 1 atom stereocenters. The van der Waals surface area contributed by atoms with Gasteiger partial charge in [0.1, 0.15) is 0 Å². The summed E-state index contributed by atoms with van der Waals surface area (Å²) in [5, 5.41) is 4.59. The van der Waals surface area contributed by atoms with Gasteiger partial charge < -0.3 is 5.73 Å². The average molecular weight is 284 g/mol. The van der Waals surface area contributed by atoms with Crippen molar-refractivity contribution in [1.82, 2.24) is 9.78 Å². The third-order valence-corrected chi connectivity index (χ3v) is 4.47. The lowest BCUT2D eigenvalue weighted by atomic mass is 10.3. The van der Waals surface area contributed by atoms with E-state index in [0.29, 0.717) is 21.4 Å². The van der Waals surface area contributed by atoms with Gasteiger partial charge in [0.05, 0.1) is 32.7 Å². The lowest BCUT2D eigenvalue weighted by molar-refractivity contribution is 0.659. The summed E-state index contributed by atoms with van der Waals surface area (Å²) in [7, 11) is -1.26. The predicted octanol–water partition coefficient (Wildman–Crippen LogP) is 2.45. The molecule has 0 amide bonds. The Morgan fingerprint density at radius 2 is 2.28 bits per heavy atom. The molecule has 2 rings (SSSR count). The minimum Gasteiger partial charge on any atom is -0.398 e. The third kappa shape index (κ3) is 2.73. The second-order valence-electron chi connectivity index (χ2n) is 3.85. The van der Waals surface area contributed by atoms with E-state index in [2.05, 4.69) is 5.10 Å². The molecule has 1 unspecified atom stereocenters. The molecule has 1 aromatic heterocycles. The van der Waals surface area contributed by atoms with E-state index in [0.717, 1.165) is 12.1 Å². The molecule has 0 aliphatic carbocycles. The van der Waals surface area contributed by atoms with Gasteiger partial charge in [-0.05, 0) is 19.1 Å². The van der Waals surface area contributed by atoms with Gasteiger partial charge >= 0.3 is 0 Å². The van der Waals surface area contributed by atoms with E-state index in [1.165, 1.54) is 0 Å². The van der Waals surface area contributed by atoms with Crippen LogP contribution in [0.15, 0.2) is 35.5 Å².